The number of unbranched alkanes of at least 4 members (excludes halogenated alkanes) is 13. The van der Waals surface area contributed by atoms with Crippen molar-refractivity contribution >= 4 is 0 Å². The average Bonchev–Trinajstić information content (AvgIpc) is 2.85. The molecule has 0 heterocycles. The van der Waals surface area contributed by atoms with Gasteiger partial charge >= 0.3 is 0 Å². The van der Waals surface area contributed by atoms with Crippen LogP contribution in [0.2, 0.25) is 0 Å². The first-order chi connectivity index (χ1) is 16.1. The lowest BCUT2D eigenvalue weighted by molar-refractivity contribution is -0.919. The molecule has 2 heteroatoms. The predicted molar refractivity (Wildman–Crippen MR) is 149 cm³/mol. The highest BCUT2D eigenvalue weighted by Crippen LogP contribution is 2.25. The van der Waals surface area contributed by atoms with Crippen molar-refractivity contribution in [3.05, 3.63) is 72.3 Å². The van der Waals surface area contributed by atoms with Crippen LogP contribution in [0.15, 0.2) is 66.7 Å². The minimum Gasteiger partial charge on any atom is -1.00 e. The highest BCUT2D eigenvalue weighted by Gasteiger charge is 2.24. The van der Waals surface area contributed by atoms with Gasteiger partial charge in [0.05, 0.1) is 20.6 Å². The summed E-state index contributed by atoms with van der Waals surface area (Å²) < 4.78 is 1.10. The van der Waals surface area contributed by atoms with E-state index in [0.717, 1.165) is 4.48 Å². The van der Waals surface area contributed by atoms with Gasteiger partial charge in [0.1, 0.15) is 6.04 Å². The third-order valence-electron chi connectivity index (χ3n) is 7.09. The first-order valence-corrected chi connectivity index (χ1v) is 14.0. The van der Waals surface area contributed by atoms with E-state index in [2.05, 4.69) is 58.3 Å². The summed E-state index contributed by atoms with van der Waals surface area (Å²) in [6.45, 7) is 5.96. The van der Waals surface area contributed by atoms with Gasteiger partial charge in [-0.2, -0.15) is 0 Å². The molecule has 0 aliphatic heterocycles. The lowest BCUT2D eigenvalue weighted by Gasteiger charge is -2.36. The second-order valence-electron chi connectivity index (χ2n) is 10.3. The minimum absolute atomic E-state index is 0. The standard InChI is InChI=1S/C26H48N.C6H6.ClH/c1-5-6-7-8-9-10-11-12-13-14-15-16-17-21-24-27(3,4)25(2)26-22-19-18-20-23-26;1-2-4-6-5-3-1;/h18-20,22-23,25H,5-17,21,24H2,1-4H3;1-6H;1H/q+1;;/p-1. The quantitative estimate of drug-likeness (QED) is 0.166. The molecular weight excluding hydrogens is 434 g/mol. The molecule has 0 amide bonds. The van der Waals surface area contributed by atoms with Crippen molar-refractivity contribution in [1.29, 1.82) is 0 Å². The molecule has 0 saturated carbocycles. The fraction of sp³-hybridized carbons (Fsp3) is 0.625. The van der Waals surface area contributed by atoms with Gasteiger partial charge in [-0.05, 0) is 19.8 Å². The van der Waals surface area contributed by atoms with E-state index < -0.39 is 0 Å². The Bertz CT molecular complexity index is 614. The molecule has 2 aromatic carbocycles. The third kappa shape index (κ3) is 17.2. The van der Waals surface area contributed by atoms with Crippen molar-refractivity contribution < 1.29 is 16.9 Å². The van der Waals surface area contributed by atoms with Crippen LogP contribution in [0.4, 0.5) is 0 Å². The summed E-state index contributed by atoms with van der Waals surface area (Å²) in [4.78, 5) is 0. The zero-order valence-corrected chi connectivity index (χ0v) is 23.6. The van der Waals surface area contributed by atoms with E-state index in [1.807, 2.05) is 36.4 Å². The minimum atomic E-state index is 0. The summed E-state index contributed by atoms with van der Waals surface area (Å²) in [7, 11) is 4.78. The SMILES string of the molecule is CCCCCCCCCCCCCCCC[N+](C)(C)C(C)c1ccccc1.[Cl-].c1ccccc1. The van der Waals surface area contributed by atoms with Crippen molar-refractivity contribution in [3.8, 4) is 0 Å². The Morgan fingerprint density at radius 3 is 1.24 bits per heavy atom. The molecule has 0 aliphatic carbocycles. The molecule has 0 aliphatic rings. The summed E-state index contributed by atoms with van der Waals surface area (Å²) >= 11 is 0. The second kappa shape index (κ2) is 22.2. The van der Waals surface area contributed by atoms with Crippen LogP contribution < -0.4 is 12.4 Å². The van der Waals surface area contributed by atoms with Crippen LogP contribution in [0.5, 0.6) is 0 Å². The summed E-state index contributed by atoms with van der Waals surface area (Å²) in [5.41, 5.74) is 1.47. The summed E-state index contributed by atoms with van der Waals surface area (Å²) in [6, 6.07) is 23.6. The van der Waals surface area contributed by atoms with E-state index >= 15 is 0 Å². The zero-order valence-electron chi connectivity index (χ0n) is 22.9. The molecule has 1 atom stereocenters. The fourth-order valence-electron chi connectivity index (χ4n) is 4.43. The molecule has 0 bridgehead atoms. The van der Waals surface area contributed by atoms with Crippen molar-refractivity contribution in [1.82, 2.24) is 0 Å². The summed E-state index contributed by atoms with van der Waals surface area (Å²) in [6.07, 6.45) is 20.1. The zero-order chi connectivity index (χ0) is 24.0. The van der Waals surface area contributed by atoms with Gasteiger partial charge in [-0.1, -0.05) is 151 Å². The number of rotatable bonds is 17. The van der Waals surface area contributed by atoms with Crippen LogP contribution in [0.25, 0.3) is 0 Å². The maximum atomic E-state index is 2.39. The van der Waals surface area contributed by atoms with Gasteiger partial charge in [0.2, 0.25) is 0 Å². The van der Waals surface area contributed by atoms with Gasteiger partial charge in [0, 0.05) is 5.56 Å². The van der Waals surface area contributed by atoms with Crippen molar-refractivity contribution in [2.75, 3.05) is 20.6 Å². The van der Waals surface area contributed by atoms with Gasteiger partial charge < -0.3 is 16.9 Å². The Morgan fingerprint density at radius 2 is 0.853 bits per heavy atom. The second-order valence-corrected chi connectivity index (χ2v) is 10.3. The lowest BCUT2D eigenvalue weighted by atomic mass is 10.0. The van der Waals surface area contributed by atoms with Crippen LogP contribution in [0.3, 0.4) is 0 Å². The van der Waals surface area contributed by atoms with Crippen molar-refractivity contribution in [2.45, 2.75) is 110 Å². The predicted octanol–water partition coefficient (Wildman–Crippen LogP) is 7.00. The van der Waals surface area contributed by atoms with E-state index in [4.69, 9.17) is 0 Å². The largest absolute Gasteiger partial charge is 1.00 e. The Hall–Kier alpha value is -1.31. The molecule has 0 aromatic heterocycles. The molecule has 0 fully saturated rings. The molecule has 0 saturated heterocycles. The Labute approximate surface area is 219 Å². The van der Waals surface area contributed by atoms with Gasteiger partial charge in [0.15, 0.2) is 0 Å². The monoisotopic (exact) mass is 487 g/mol. The number of halogens is 1. The maximum absolute atomic E-state index is 2.39. The van der Waals surface area contributed by atoms with Crippen LogP contribution in [0, 0.1) is 0 Å². The van der Waals surface area contributed by atoms with Crippen LogP contribution in [-0.2, 0) is 0 Å². The molecule has 1 unspecified atom stereocenters. The maximum Gasteiger partial charge on any atom is 0.111 e. The van der Waals surface area contributed by atoms with Crippen molar-refractivity contribution in [3.63, 3.8) is 0 Å². The van der Waals surface area contributed by atoms with Crippen LogP contribution in [0.1, 0.15) is 115 Å². The first kappa shape index (κ1) is 32.7. The van der Waals surface area contributed by atoms with Crippen LogP contribution >= 0.6 is 0 Å². The van der Waals surface area contributed by atoms with E-state index in [1.165, 1.54) is 102 Å². The summed E-state index contributed by atoms with van der Waals surface area (Å²) in [5, 5.41) is 0. The Balaban J connectivity index is 0.00000134. The first-order valence-electron chi connectivity index (χ1n) is 14.0. The van der Waals surface area contributed by atoms with Gasteiger partial charge in [-0.15, -0.1) is 0 Å². The van der Waals surface area contributed by atoms with E-state index in [0.29, 0.717) is 6.04 Å². The lowest BCUT2D eigenvalue weighted by Crippen LogP contribution is -3.00. The third-order valence-corrected chi connectivity index (χ3v) is 7.09. The summed E-state index contributed by atoms with van der Waals surface area (Å²) in [5.74, 6) is 0. The number of quaternary nitrogens is 1. The molecule has 0 N–H and O–H groups in total. The number of benzene rings is 2. The van der Waals surface area contributed by atoms with E-state index in [1.54, 1.807) is 0 Å². The molecule has 0 spiro atoms. The van der Waals surface area contributed by atoms with E-state index in [9.17, 15) is 0 Å². The molecular formula is C32H54ClN. The highest BCUT2D eigenvalue weighted by atomic mass is 35.5. The Kier molecular flexibility index (Phi) is 21.3. The fourth-order valence-corrected chi connectivity index (χ4v) is 4.43. The average molecular weight is 488 g/mol. The number of hydrogen-bond acceptors (Lipinski definition) is 0. The molecule has 2 aromatic rings. The van der Waals surface area contributed by atoms with E-state index in [-0.39, 0.29) is 12.4 Å². The molecule has 34 heavy (non-hydrogen) atoms. The molecule has 0 radical (unpaired) electrons. The molecule has 1 nitrogen and oxygen atoms in total. The topological polar surface area (TPSA) is 0 Å². The van der Waals surface area contributed by atoms with Crippen LogP contribution in [-0.4, -0.2) is 25.1 Å². The smallest absolute Gasteiger partial charge is 0.111 e. The number of hydrogen-bond donors (Lipinski definition) is 0. The molecule has 194 valence electrons. The normalized spacial score (nSPS) is 11.8. The van der Waals surface area contributed by atoms with Gasteiger partial charge in [0.25, 0.3) is 0 Å². The van der Waals surface area contributed by atoms with Crippen molar-refractivity contribution in [2.24, 2.45) is 0 Å². The number of nitrogens with zero attached hydrogens (tertiary/aromatic N) is 1. The molecule has 2 rings (SSSR count). The van der Waals surface area contributed by atoms with Gasteiger partial charge in [-0.3, -0.25) is 0 Å². The van der Waals surface area contributed by atoms with Gasteiger partial charge in [-0.25, -0.2) is 0 Å². The Morgan fingerprint density at radius 1 is 0.529 bits per heavy atom. The highest BCUT2D eigenvalue weighted by molar-refractivity contribution is 5.16.